The number of pyridine rings is 1. The van der Waals surface area contributed by atoms with E-state index in [0.29, 0.717) is 61.1 Å². The number of nitrogens with one attached hydrogen (secondary N) is 1. The van der Waals surface area contributed by atoms with E-state index >= 15 is 0 Å². The lowest BCUT2D eigenvalue weighted by Gasteiger charge is -2.37. The second kappa shape index (κ2) is 15.4. The molecule has 0 spiro atoms. The van der Waals surface area contributed by atoms with Crippen LogP contribution in [0.2, 0.25) is 5.02 Å². The maximum atomic E-state index is 14.6. The third kappa shape index (κ3) is 7.26. The van der Waals surface area contributed by atoms with Gasteiger partial charge < -0.3 is 20.9 Å². The molecule has 0 radical (unpaired) electrons. The van der Waals surface area contributed by atoms with Crippen LogP contribution in [0.25, 0.3) is 5.69 Å². The average molecular weight is 642 g/mol. The van der Waals surface area contributed by atoms with Crippen molar-refractivity contribution < 1.29 is 9.59 Å². The number of halogens is 1. The van der Waals surface area contributed by atoms with Crippen LogP contribution >= 0.6 is 11.6 Å². The number of fused-ring (bicyclic) bond motifs is 1. The van der Waals surface area contributed by atoms with E-state index < -0.39 is 0 Å². The van der Waals surface area contributed by atoms with Crippen molar-refractivity contribution in [1.29, 1.82) is 0 Å². The van der Waals surface area contributed by atoms with Gasteiger partial charge in [0, 0.05) is 56.8 Å². The van der Waals surface area contributed by atoms with E-state index in [9.17, 15) is 9.59 Å². The van der Waals surface area contributed by atoms with E-state index in [1.54, 1.807) is 17.1 Å². The lowest BCUT2D eigenvalue weighted by atomic mass is 9.93. The highest BCUT2D eigenvalue weighted by Crippen LogP contribution is 2.31. The van der Waals surface area contributed by atoms with Crippen molar-refractivity contribution in [2.45, 2.75) is 72.0 Å². The summed E-state index contributed by atoms with van der Waals surface area (Å²) in [5.74, 6) is -0.341. The third-order valence-electron chi connectivity index (χ3n) is 8.69. The summed E-state index contributed by atoms with van der Waals surface area (Å²) in [6.07, 6.45) is 7.96. The van der Waals surface area contributed by atoms with Crippen LogP contribution in [0.4, 0.5) is 5.69 Å². The second-order valence-electron chi connectivity index (χ2n) is 11.9. The van der Waals surface area contributed by atoms with Gasteiger partial charge >= 0.3 is 0 Å². The summed E-state index contributed by atoms with van der Waals surface area (Å²) in [5.41, 5.74) is 12.2. The Hall–Kier alpha value is -4.21. The van der Waals surface area contributed by atoms with Crippen molar-refractivity contribution in [3.63, 3.8) is 0 Å². The molecular weight excluding hydrogens is 598 g/mol. The lowest BCUT2D eigenvalue weighted by Crippen LogP contribution is -2.48. The van der Waals surface area contributed by atoms with E-state index in [1.807, 2.05) is 59.2 Å². The van der Waals surface area contributed by atoms with E-state index in [4.69, 9.17) is 22.4 Å². The molecule has 2 aromatic heterocycles. The van der Waals surface area contributed by atoms with Gasteiger partial charge in [-0.3, -0.25) is 14.6 Å². The Labute approximate surface area is 276 Å². The Kier molecular flexibility index (Phi) is 11.1. The van der Waals surface area contributed by atoms with E-state index in [1.165, 1.54) is 5.56 Å². The highest BCUT2D eigenvalue weighted by molar-refractivity contribution is 6.34. The zero-order valence-electron chi connectivity index (χ0n) is 27.0. The van der Waals surface area contributed by atoms with E-state index in [-0.39, 0.29) is 23.6 Å². The summed E-state index contributed by atoms with van der Waals surface area (Å²) in [6.45, 7) is 8.71. The topological polar surface area (TPSA) is 109 Å². The molecule has 5 rings (SSSR count). The number of benzene rings is 2. The minimum Gasteiger partial charge on any atom is -0.381 e. The van der Waals surface area contributed by atoms with Gasteiger partial charge in [0.1, 0.15) is 0 Å². The smallest absolute Gasteiger partial charge is 0.275 e. The maximum Gasteiger partial charge on any atom is 0.275 e. The number of nitrogens with two attached hydrogens (primary N) is 1. The predicted octanol–water partition coefficient (Wildman–Crippen LogP) is 6.41. The monoisotopic (exact) mass is 641 g/mol. The minimum atomic E-state index is -0.187. The summed E-state index contributed by atoms with van der Waals surface area (Å²) in [6, 6.07) is 17.6. The zero-order valence-corrected chi connectivity index (χ0v) is 27.8. The van der Waals surface area contributed by atoms with Crippen molar-refractivity contribution >= 4 is 29.1 Å². The van der Waals surface area contributed by atoms with Crippen LogP contribution in [0, 0.1) is 6.92 Å². The number of carbonyl (C=O) groups excluding carboxylic acids is 2. The molecule has 0 saturated carbocycles. The minimum absolute atomic E-state index is 0.154. The van der Waals surface area contributed by atoms with Crippen molar-refractivity contribution in [2.24, 2.45) is 5.73 Å². The van der Waals surface area contributed by atoms with Gasteiger partial charge in [-0.15, -0.1) is 0 Å². The van der Waals surface area contributed by atoms with Gasteiger partial charge in [0.15, 0.2) is 5.69 Å². The molecule has 1 aliphatic rings. The van der Waals surface area contributed by atoms with Crippen LogP contribution in [0.3, 0.4) is 0 Å². The Bertz CT molecular complexity index is 1650. The Balaban J connectivity index is 1.55. The summed E-state index contributed by atoms with van der Waals surface area (Å²) in [4.78, 5) is 36.1. The standard InChI is InChI=1S/C36H44ClN7O2/c1-4-6-18-42(19-7-5-2)36(46)34-33(37)25(3)44(41-34)32-13-12-29(40-23-26-14-16-39-17-15-26)21-31(32)35(45)43-24-28-11-9-8-10-27(28)20-30(43)22-38/h8-17,21,30,40H,4-7,18-20,22-24,38H2,1-3H3/t30-/m0/s1. The molecule has 2 amide bonds. The molecule has 1 atom stereocenters. The molecule has 242 valence electrons. The molecule has 0 bridgehead atoms. The SMILES string of the molecule is CCCCN(CCCC)C(=O)c1nn(-c2ccc(NCc3ccncc3)cc2C(=O)N2Cc3ccccc3C[C@H]2CN)c(C)c1Cl. The second-order valence-corrected chi connectivity index (χ2v) is 12.3. The van der Waals surface area contributed by atoms with Crippen LogP contribution in [0.5, 0.6) is 0 Å². The molecule has 1 aliphatic heterocycles. The quantitative estimate of drug-likeness (QED) is 0.175. The van der Waals surface area contributed by atoms with Crippen molar-refractivity contribution in [3.05, 3.63) is 106 Å². The van der Waals surface area contributed by atoms with Crippen LogP contribution in [-0.2, 0) is 19.5 Å². The van der Waals surface area contributed by atoms with Crippen molar-refractivity contribution in [1.82, 2.24) is 24.6 Å². The van der Waals surface area contributed by atoms with Gasteiger partial charge in [-0.25, -0.2) is 4.68 Å². The molecule has 3 heterocycles. The fraction of sp³-hybridized carbons (Fsp3) is 0.389. The van der Waals surface area contributed by atoms with E-state index in [2.05, 4.69) is 36.3 Å². The molecule has 46 heavy (non-hydrogen) atoms. The van der Waals surface area contributed by atoms with Gasteiger partial charge in [-0.05, 0) is 73.2 Å². The molecule has 10 heteroatoms. The first kappa shape index (κ1) is 33.2. The Morgan fingerprint density at radius 1 is 1.02 bits per heavy atom. The first-order valence-electron chi connectivity index (χ1n) is 16.3. The normalized spacial score (nSPS) is 14.2. The molecule has 3 N–H and O–H groups in total. The third-order valence-corrected chi connectivity index (χ3v) is 9.14. The lowest BCUT2D eigenvalue weighted by molar-refractivity contribution is 0.0647. The summed E-state index contributed by atoms with van der Waals surface area (Å²) < 4.78 is 1.64. The van der Waals surface area contributed by atoms with Gasteiger partial charge in [-0.2, -0.15) is 5.10 Å². The molecule has 0 aliphatic carbocycles. The van der Waals surface area contributed by atoms with Crippen LogP contribution < -0.4 is 11.1 Å². The number of rotatable bonds is 13. The van der Waals surface area contributed by atoms with Crippen LogP contribution in [0.1, 0.15) is 82.8 Å². The number of amides is 2. The Morgan fingerprint density at radius 2 is 1.72 bits per heavy atom. The van der Waals surface area contributed by atoms with Crippen molar-refractivity contribution in [2.75, 3.05) is 25.0 Å². The first-order chi connectivity index (χ1) is 22.4. The molecule has 0 unspecified atom stereocenters. The maximum absolute atomic E-state index is 14.6. The predicted molar refractivity (Wildman–Crippen MR) is 183 cm³/mol. The summed E-state index contributed by atoms with van der Waals surface area (Å²) in [7, 11) is 0. The van der Waals surface area contributed by atoms with Gasteiger partial charge in [-0.1, -0.05) is 62.6 Å². The van der Waals surface area contributed by atoms with Gasteiger partial charge in [0.2, 0.25) is 0 Å². The first-order valence-corrected chi connectivity index (χ1v) is 16.6. The summed E-state index contributed by atoms with van der Waals surface area (Å²) in [5, 5.41) is 8.52. The number of carbonyl (C=O) groups is 2. The molecule has 0 fully saturated rings. The summed E-state index contributed by atoms with van der Waals surface area (Å²) >= 11 is 6.84. The van der Waals surface area contributed by atoms with Gasteiger partial charge in [0.05, 0.1) is 22.0 Å². The van der Waals surface area contributed by atoms with Crippen LogP contribution in [-0.4, -0.2) is 62.1 Å². The number of hydrogen-bond acceptors (Lipinski definition) is 6. The molecule has 0 saturated heterocycles. The number of nitrogens with zero attached hydrogens (tertiary/aromatic N) is 5. The molecule has 2 aromatic carbocycles. The zero-order chi connectivity index (χ0) is 32.6. The average Bonchev–Trinajstić information content (AvgIpc) is 3.39. The Morgan fingerprint density at radius 3 is 2.39 bits per heavy atom. The molecular formula is C36H44ClN7O2. The number of aromatic nitrogens is 3. The van der Waals surface area contributed by atoms with E-state index in [0.717, 1.165) is 42.5 Å². The highest BCUT2D eigenvalue weighted by atomic mass is 35.5. The number of anilines is 1. The molecule has 9 nitrogen and oxygen atoms in total. The fourth-order valence-corrected chi connectivity index (χ4v) is 6.11. The number of hydrogen-bond donors (Lipinski definition) is 2. The van der Waals surface area contributed by atoms with Gasteiger partial charge in [0.25, 0.3) is 11.8 Å². The highest BCUT2D eigenvalue weighted by Gasteiger charge is 2.32. The molecule has 4 aromatic rings. The van der Waals surface area contributed by atoms with Crippen LogP contribution in [0.15, 0.2) is 67.0 Å². The fourth-order valence-electron chi connectivity index (χ4n) is 5.91. The van der Waals surface area contributed by atoms with Crippen molar-refractivity contribution in [3.8, 4) is 5.69 Å². The largest absolute Gasteiger partial charge is 0.381 e. The number of unbranched alkanes of at least 4 members (excludes halogenated alkanes) is 2.